The normalized spacial score (nSPS) is 23.5. The van der Waals surface area contributed by atoms with Crippen molar-refractivity contribution in [2.45, 2.75) is 12.2 Å². The van der Waals surface area contributed by atoms with Gasteiger partial charge in [-0.15, -0.1) is 0 Å². The predicted molar refractivity (Wildman–Crippen MR) is 73.7 cm³/mol. The highest BCUT2D eigenvalue weighted by atomic mass is 16.2. The molecule has 0 aliphatic carbocycles. The van der Waals surface area contributed by atoms with Gasteiger partial charge in [0.1, 0.15) is 0 Å². The molecule has 2 aliphatic heterocycles. The van der Waals surface area contributed by atoms with E-state index in [1.165, 1.54) is 5.56 Å². The van der Waals surface area contributed by atoms with E-state index in [0.29, 0.717) is 6.54 Å². The fourth-order valence-corrected chi connectivity index (χ4v) is 2.83. The van der Waals surface area contributed by atoms with Gasteiger partial charge in [-0.25, -0.2) is 0 Å². The maximum absolute atomic E-state index is 12.4. The second-order valence-electron chi connectivity index (χ2n) is 4.89. The highest BCUT2D eigenvalue weighted by molar-refractivity contribution is 6.07. The van der Waals surface area contributed by atoms with Crippen LogP contribution in [0.4, 0.5) is 11.4 Å². The van der Waals surface area contributed by atoms with E-state index in [-0.39, 0.29) is 5.91 Å². The summed E-state index contributed by atoms with van der Waals surface area (Å²) in [6.07, 6.45) is 0. The highest BCUT2D eigenvalue weighted by Crippen LogP contribution is 2.39. The monoisotopic (exact) mass is 251 g/mol. The van der Waals surface area contributed by atoms with E-state index in [9.17, 15) is 4.79 Å². The molecule has 1 atom stereocenters. The van der Waals surface area contributed by atoms with Crippen molar-refractivity contribution in [3.8, 4) is 0 Å². The summed E-state index contributed by atoms with van der Waals surface area (Å²) in [5.41, 5.74) is 3.16. The average Bonchev–Trinajstić information content (AvgIpc) is 2.72. The summed E-state index contributed by atoms with van der Waals surface area (Å²) in [5.74, 6) is -0.0526. The van der Waals surface area contributed by atoms with Crippen molar-refractivity contribution in [3.63, 3.8) is 0 Å². The van der Waals surface area contributed by atoms with Crippen LogP contribution in [-0.2, 0) is 17.0 Å². The third-order valence-corrected chi connectivity index (χ3v) is 3.80. The van der Waals surface area contributed by atoms with E-state index in [4.69, 9.17) is 0 Å². The van der Waals surface area contributed by atoms with Crippen LogP contribution in [0, 0.1) is 0 Å². The lowest BCUT2D eigenvalue weighted by molar-refractivity contribution is -0.121. The predicted octanol–water partition coefficient (Wildman–Crippen LogP) is 2.01. The summed E-state index contributed by atoms with van der Waals surface area (Å²) in [7, 11) is 0. The zero-order valence-electron chi connectivity index (χ0n) is 10.2. The second-order valence-corrected chi connectivity index (χ2v) is 4.89. The van der Waals surface area contributed by atoms with Gasteiger partial charge in [-0.3, -0.25) is 10.1 Å². The van der Waals surface area contributed by atoms with Crippen LogP contribution in [0.25, 0.3) is 0 Å². The molecule has 4 rings (SSSR count). The van der Waals surface area contributed by atoms with Gasteiger partial charge in [0.05, 0.1) is 0 Å². The van der Waals surface area contributed by atoms with Gasteiger partial charge in [0.25, 0.3) is 5.91 Å². The van der Waals surface area contributed by atoms with Crippen LogP contribution in [0.1, 0.15) is 11.1 Å². The maximum atomic E-state index is 12.4. The first-order valence-corrected chi connectivity index (χ1v) is 6.32. The molecule has 0 fully saturated rings. The lowest BCUT2D eigenvalue weighted by Gasteiger charge is -2.36. The number of rotatable bonds is 0. The lowest BCUT2D eigenvalue weighted by atomic mass is 9.96. The molecule has 4 nitrogen and oxygen atoms in total. The number of hydrogen-bond donors (Lipinski definition) is 3. The van der Waals surface area contributed by atoms with Gasteiger partial charge >= 0.3 is 0 Å². The lowest BCUT2D eigenvalue weighted by Crippen LogP contribution is -2.56. The molecule has 2 aromatic rings. The van der Waals surface area contributed by atoms with Gasteiger partial charge in [0.15, 0.2) is 5.66 Å². The quantitative estimate of drug-likeness (QED) is 0.671. The van der Waals surface area contributed by atoms with E-state index in [2.05, 4.69) is 22.0 Å². The molecule has 0 radical (unpaired) electrons. The molecule has 2 aromatic carbocycles. The second kappa shape index (κ2) is 3.59. The molecule has 1 amide bonds. The maximum Gasteiger partial charge on any atom is 0.270 e. The first kappa shape index (κ1) is 10.6. The molecule has 0 saturated heterocycles. The average molecular weight is 251 g/mol. The number of anilines is 2. The summed E-state index contributed by atoms with van der Waals surface area (Å²) in [6, 6.07) is 15.8. The summed E-state index contributed by atoms with van der Waals surface area (Å²) < 4.78 is 0. The molecule has 0 saturated carbocycles. The number of nitrogens with one attached hydrogen (secondary N) is 3. The minimum atomic E-state index is -0.842. The molecule has 2 aliphatic rings. The van der Waals surface area contributed by atoms with Gasteiger partial charge in [0.2, 0.25) is 0 Å². The molecule has 3 N–H and O–H groups in total. The minimum Gasteiger partial charge on any atom is -0.355 e. The zero-order valence-corrected chi connectivity index (χ0v) is 10.2. The Hall–Kier alpha value is -2.33. The fraction of sp³-hybridized carbons (Fsp3) is 0.133. The number of carbonyl (C=O) groups is 1. The van der Waals surface area contributed by atoms with Crippen LogP contribution in [-0.4, -0.2) is 5.91 Å². The third-order valence-electron chi connectivity index (χ3n) is 3.80. The molecular formula is C15H13N3O. The van der Waals surface area contributed by atoms with Gasteiger partial charge in [-0.1, -0.05) is 36.4 Å². The van der Waals surface area contributed by atoms with E-state index in [1.807, 2.05) is 42.5 Å². The molecule has 19 heavy (non-hydrogen) atoms. The van der Waals surface area contributed by atoms with Crippen molar-refractivity contribution in [1.82, 2.24) is 5.32 Å². The molecule has 1 unspecified atom stereocenters. The standard InChI is InChI=1S/C15H13N3O/c19-14-15(11-6-2-4-8-13(11)17-14)16-9-10-5-1-3-7-12(10)18-15/h1-8,16,18H,9H2,(H,17,19). The van der Waals surface area contributed by atoms with E-state index in [1.54, 1.807) is 0 Å². The number of benzene rings is 2. The molecular weight excluding hydrogens is 238 g/mol. The van der Waals surface area contributed by atoms with E-state index in [0.717, 1.165) is 16.9 Å². The number of para-hydroxylation sites is 2. The highest BCUT2D eigenvalue weighted by Gasteiger charge is 2.48. The van der Waals surface area contributed by atoms with Gasteiger partial charge in [0, 0.05) is 23.5 Å². The third kappa shape index (κ3) is 1.34. The zero-order chi connectivity index (χ0) is 12.9. The SMILES string of the molecule is O=C1Nc2ccccc2C12NCc1ccccc1N2. The molecule has 0 bridgehead atoms. The Morgan fingerprint density at radius 1 is 0.947 bits per heavy atom. The Bertz CT molecular complexity index is 683. The Kier molecular flexibility index (Phi) is 2.00. The molecule has 4 heteroatoms. The smallest absolute Gasteiger partial charge is 0.270 e. The van der Waals surface area contributed by atoms with Crippen LogP contribution >= 0.6 is 0 Å². The Morgan fingerprint density at radius 2 is 1.68 bits per heavy atom. The van der Waals surface area contributed by atoms with Crippen molar-refractivity contribution < 1.29 is 4.79 Å². The Balaban J connectivity index is 1.87. The largest absolute Gasteiger partial charge is 0.355 e. The van der Waals surface area contributed by atoms with E-state index >= 15 is 0 Å². The number of carbonyl (C=O) groups excluding carboxylic acids is 1. The van der Waals surface area contributed by atoms with Crippen molar-refractivity contribution in [1.29, 1.82) is 0 Å². The fourth-order valence-electron chi connectivity index (χ4n) is 2.83. The van der Waals surface area contributed by atoms with Crippen LogP contribution in [0.3, 0.4) is 0 Å². The first-order valence-electron chi connectivity index (χ1n) is 6.32. The summed E-state index contributed by atoms with van der Waals surface area (Å²) in [4.78, 5) is 12.4. The van der Waals surface area contributed by atoms with Crippen LogP contribution in [0.5, 0.6) is 0 Å². The van der Waals surface area contributed by atoms with Crippen molar-refractivity contribution in [3.05, 3.63) is 59.7 Å². The van der Waals surface area contributed by atoms with Crippen LogP contribution < -0.4 is 16.0 Å². The van der Waals surface area contributed by atoms with Crippen molar-refractivity contribution in [2.75, 3.05) is 10.6 Å². The Labute approximate surface area is 110 Å². The molecule has 1 spiro atoms. The molecule has 0 aromatic heterocycles. The summed E-state index contributed by atoms with van der Waals surface area (Å²) in [6.45, 7) is 0.672. The van der Waals surface area contributed by atoms with Crippen molar-refractivity contribution in [2.24, 2.45) is 0 Å². The summed E-state index contributed by atoms with van der Waals surface area (Å²) in [5, 5.41) is 9.61. The minimum absolute atomic E-state index is 0.0526. The number of fused-ring (bicyclic) bond motifs is 3. The first-order chi connectivity index (χ1) is 9.29. The van der Waals surface area contributed by atoms with Gasteiger partial charge < -0.3 is 10.6 Å². The van der Waals surface area contributed by atoms with Crippen molar-refractivity contribution >= 4 is 17.3 Å². The topological polar surface area (TPSA) is 53.2 Å². The van der Waals surface area contributed by atoms with Gasteiger partial charge in [-0.2, -0.15) is 0 Å². The van der Waals surface area contributed by atoms with Crippen LogP contribution in [0.2, 0.25) is 0 Å². The van der Waals surface area contributed by atoms with Gasteiger partial charge in [-0.05, 0) is 17.7 Å². The number of amides is 1. The van der Waals surface area contributed by atoms with Crippen LogP contribution in [0.15, 0.2) is 48.5 Å². The molecule has 2 heterocycles. The Morgan fingerprint density at radius 3 is 2.58 bits per heavy atom. The summed E-state index contributed by atoms with van der Waals surface area (Å²) >= 11 is 0. The van der Waals surface area contributed by atoms with E-state index < -0.39 is 5.66 Å². The molecule has 94 valence electrons. The number of hydrogen-bond acceptors (Lipinski definition) is 3.